The van der Waals surface area contributed by atoms with Crippen LogP contribution in [-0.4, -0.2) is 17.2 Å². The summed E-state index contributed by atoms with van der Waals surface area (Å²) in [5.41, 5.74) is 2.78. The van der Waals surface area contributed by atoms with Crippen molar-refractivity contribution in [3.63, 3.8) is 0 Å². The Balaban J connectivity index is 2.89. The number of benzene rings is 1. The Morgan fingerprint density at radius 3 is 2.22 bits per heavy atom. The molecule has 0 saturated carbocycles. The molecule has 0 heterocycles. The first kappa shape index (κ1) is 23.5. The topological polar surface area (TPSA) is 46.5 Å². The molecule has 1 atom stereocenters. The van der Waals surface area contributed by atoms with Crippen LogP contribution >= 0.6 is 0 Å². The van der Waals surface area contributed by atoms with E-state index < -0.39 is 0 Å². The van der Waals surface area contributed by atoms with Gasteiger partial charge in [0.2, 0.25) is 0 Å². The van der Waals surface area contributed by atoms with Gasteiger partial charge in [-0.05, 0) is 53.7 Å². The van der Waals surface area contributed by atoms with Crippen molar-refractivity contribution in [3.8, 4) is 5.75 Å². The number of hydrogen-bond acceptors (Lipinski definition) is 3. The van der Waals surface area contributed by atoms with Gasteiger partial charge >= 0.3 is 5.97 Å². The summed E-state index contributed by atoms with van der Waals surface area (Å²) in [6.07, 6.45) is 5.10. The van der Waals surface area contributed by atoms with Crippen LogP contribution < -0.4 is 0 Å². The Bertz CT molecular complexity index is 618. The van der Waals surface area contributed by atoms with Crippen molar-refractivity contribution >= 4 is 5.97 Å². The molecule has 0 aromatic heterocycles. The fourth-order valence-electron chi connectivity index (χ4n) is 3.15. The lowest BCUT2D eigenvalue weighted by Gasteiger charge is -2.27. The van der Waals surface area contributed by atoms with Crippen molar-refractivity contribution in [2.24, 2.45) is 0 Å². The zero-order valence-electron chi connectivity index (χ0n) is 18.7. The van der Waals surface area contributed by atoms with E-state index in [0.29, 0.717) is 18.6 Å². The number of rotatable bonds is 8. The van der Waals surface area contributed by atoms with Crippen LogP contribution in [0.25, 0.3) is 0 Å². The third-order valence-electron chi connectivity index (χ3n) is 5.01. The standard InChI is InChI=1S/C24H40O3/c1-9-10-11-12-17(2)27-21(25)14-13-18-15-19(23(3,4)5)16-20(22(18)26)24(6,7)8/h15-17,26H,9-14H2,1-8H3. The number of phenols is 1. The average molecular weight is 377 g/mol. The molecule has 0 spiro atoms. The fourth-order valence-corrected chi connectivity index (χ4v) is 3.15. The van der Waals surface area contributed by atoms with E-state index in [4.69, 9.17) is 4.74 Å². The van der Waals surface area contributed by atoms with Gasteiger partial charge in [-0.25, -0.2) is 0 Å². The van der Waals surface area contributed by atoms with Gasteiger partial charge in [0.1, 0.15) is 5.75 Å². The second kappa shape index (κ2) is 9.61. The summed E-state index contributed by atoms with van der Waals surface area (Å²) >= 11 is 0. The van der Waals surface area contributed by atoms with Crippen LogP contribution in [0.2, 0.25) is 0 Å². The second-order valence-corrected chi connectivity index (χ2v) is 9.83. The fraction of sp³-hybridized carbons (Fsp3) is 0.708. The van der Waals surface area contributed by atoms with E-state index in [0.717, 1.165) is 24.0 Å². The molecule has 3 nitrogen and oxygen atoms in total. The Morgan fingerprint density at radius 2 is 1.70 bits per heavy atom. The van der Waals surface area contributed by atoms with Crippen LogP contribution in [0.1, 0.15) is 104 Å². The molecule has 1 rings (SSSR count). The molecule has 1 aromatic rings. The van der Waals surface area contributed by atoms with Gasteiger partial charge in [0.05, 0.1) is 6.10 Å². The summed E-state index contributed by atoms with van der Waals surface area (Å²) in [5.74, 6) is 0.135. The van der Waals surface area contributed by atoms with E-state index in [1.165, 1.54) is 18.4 Å². The summed E-state index contributed by atoms with van der Waals surface area (Å²) in [4.78, 5) is 12.2. The number of carbonyl (C=O) groups is 1. The van der Waals surface area contributed by atoms with E-state index in [2.05, 4.69) is 54.5 Å². The molecule has 1 unspecified atom stereocenters. The van der Waals surface area contributed by atoms with Gasteiger partial charge in [-0.1, -0.05) is 73.4 Å². The molecule has 0 bridgehead atoms. The van der Waals surface area contributed by atoms with Crippen molar-refractivity contribution in [1.82, 2.24) is 0 Å². The lowest BCUT2D eigenvalue weighted by atomic mass is 9.78. The molecular weight excluding hydrogens is 336 g/mol. The van der Waals surface area contributed by atoms with E-state index in [-0.39, 0.29) is 22.9 Å². The monoisotopic (exact) mass is 376 g/mol. The molecule has 0 radical (unpaired) electrons. The van der Waals surface area contributed by atoms with Crippen LogP contribution in [0.3, 0.4) is 0 Å². The molecule has 0 fully saturated rings. The highest BCUT2D eigenvalue weighted by Crippen LogP contribution is 2.38. The van der Waals surface area contributed by atoms with Crippen LogP contribution in [0, 0.1) is 0 Å². The number of carbonyl (C=O) groups excluding carboxylic acids is 1. The zero-order chi connectivity index (χ0) is 20.8. The van der Waals surface area contributed by atoms with Gasteiger partial charge in [-0.2, -0.15) is 0 Å². The Morgan fingerprint density at radius 1 is 1.07 bits per heavy atom. The summed E-state index contributed by atoms with van der Waals surface area (Å²) < 4.78 is 5.53. The van der Waals surface area contributed by atoms with Crippen molar-refractivity contribution < 1.29 is 14.6 Å². The third kappa shape index (κ3) is 7.56. The lowest BCUT2D eigenvalue weighted by Crippen LogP contribution is -2.18. The van der Waals surface area contributed by atoms with Crippen LogP contribution in [0.4, 0.5) is 0 Å². The minimum atomic E-state index is -0.183. The first-order valence-corrected chi connectivity index (χ1v) is 10.4. The van der Waals surface area contributed by atoms with Crippen molar-refractivity contribution in [3.05, 3.63) is 28.8 Å². The van der Waals surface area contributed by atoms with E-state index in [1.54, 1.807) is 0 Å². The molecule has 0 aliphatic heterocycles. The SMILES string of the molecule is CCCCCC(C)OC(=O)CCc1cc(C(C)(C)C)cc(C(C)(C)C)c1O. The number of ether oxygens (including phenoxy) is 1. The largest absolute Gasteiger partial charge is 0.507 e. The van der Waals surface area contributed by atoms with Crippen molar-refractivity contribution in [2.75, 3.05) is 0 Å². The molecule has 0 aliphatic carbocycles. The number of hydrogen-bond donors (Lipinski definition) is 1. The van der Waals surface area contributed by atoms with Gasteiger partial charge in [0.25, 0.3) is 0 Å². The minimum absolute atomic E-state index is 0.0171. The maximum Gasteiger partial charge on any atom is 0.306 e. The summed E-state index contributed by atoms with van der Waals surface area (Å²) in [6, 6.07) is 4.15. The maximum atomic E-state index is 12.2. The Hall–Kier alpha value is -1.51. The van der Waals surface area contributed by atoms with E-state index >= 15 is 0 Å². The summed E-state index contributed by atoms with van der Waals surface area (Å²) in [7, 11) is 0. The maximum absolute atomic E-state index is 12.2. The molecule has 3 heteroatoms. The minimum Gasteiger partial charge on any atom is -0.507 e. The molecule has 1 N–H and O–H groups in total. The molecule has 154 valence electrons. The molecule has 1 aromatic carbocycles. The average Bonchev–Trinajstić information content (AvgIpc) is 2.51. The number of aryl methyl sites for hydroxylation is 1. The quantitative estimate of drug-likeness (QED) is 0.420. The highest BCUT2D eigenvalue weighted by atomic mass is 16.5. The number of aromatic hydroxyl groups is 1. The number of unbranched alkanes of at least 4 members (excludes halogenated alkanes) is 2. The van der Waals surface area contributed by atoms with Gasteiger partial charge in [0, 0.05) is 6.42 Å². The molecule has 0 saturated heterocycles. The Labute approximate surface area is 166 Å². The zero-order valence-corrected chi connectivity index (χ0v) is 18.7. The number of esters is 1. The smallest absolute Gasteiger partial charge is 0.306 e. The summed E-state index contributed by atoms with van der Waals surface area (Å²) in [5, 5.41) is 10.8. The second-order valence-electron chi connectivity index (χ2n) is 9.83. The van der Waals surface area contributed by atoms with Gasteiger partial charge < -0.3 is 9.84 Å². The van der Waals surface area contributed by atoms with E-state index in [1.807, 2.05) is 13.0 Å². The normalized spacial score (nSPS) is 13.5. The molecule has 0 aliphatic rings. The van der Waals surface area contributed by atoms with E-state index in [9.17, 15) is 9.90 Å². The van der Waals surface area contributed by atoms with Crippen molar-refractivity contribution in [1.29, 1.82) is 0 Å². The lowest BCUT2D eigenvalue weighted by molar-refractivity contribution is -0.148. The molecule has 0 amide bonds. The predicted octanol–water partition coefficient (Wildman–Crippen LogP) is 6.43. The predicted molar refractivity (Wildman–Crippen MR) is 114 cm³/mol. The highest BCUT2D eigenvalue weighted by molar-refractivity contribution is 5.70. The molecule has 27 heavy (non-hydrogen) atoms. The van der Waals surface area contributed by atoms with Crippen LogP contribution in [0.15, 0.2) is 12.1 Å². The Kier molecular flexibility index (Phi) is 8.38. The first-order chi connectivity index (χ1) is 12.4. The number of phenolic OH excluding ortho intramolecular Hbond substituents is 1. The molecular formula is C24H40O3. The van der Waals surface area contributed by atoms with Gasteiger partial charge in [-0.3, -0.25) is 4.79 Å². The summed E-state index contributed by atoms with van der Waals surface area (Å²) in [6.45, 7) is 16.9. The van der Waals surface area contributed by atoms with Crippen LogP contribution in [-0.2, 0) is 26.8 Å². The van der Waals surface area contributed by atoms with Crippen molar-refractivity contribution in [2.45, 2.75) is 111 Å². The third-order valence-corrected chi connectivity index (χ3v) is 5.01. The van der Waals surface area contributed by atoms with Crippen LogP contribution in [0.5, 0.6) is 5.75 Å². The first-order valence-electron chi connectivity index (χ1n) is 10.4. The van der Waals surface area contributed by atoms with Gasteiger partial charge in [0.15, 0.2) is 0 Å². The highest BCUT2D eigenvalue weighted by Gasteiger charge is 2.25. The van der Waals surface area contributed by atoms with Gasteiger partial charge in [-0.15, -0.1) is 0 Å².